The van der Waals surface area contributed by atoms with E-state index in [1.54, 1.807) is 18.6 Å². The van der Waals surface area contributed by atoms with Gasteiger partial charge in [-0.05, 0) is 32.0 Å². The van der Waals surface area contributed by atoms with Crippen molar-refractivity contribution < 1.29 is 9.21 Å². The molecule has 0 atom stereocenters. The van der Waals surface area contributed by atoms with Crippen LogP contribution in [0.25, 0.3) is 22.2 Å². The molecule has 0 aliphatic heterocycles. The molecule has 0 amide bonds. The molecule has 6 heteroatoms. The summed E-state index contributed by atoms with van der Waals surface area (Å²) in [4.78, 5) is 27.2. The number of aromatic nitrogens is 3. The molecule has 1 saturated carbocycles. The molecule has 25 heavy (non-hydrogen) atoms. The number of nitrogens with zero attached hydrogens (tertiary/aromatic N) is 4. The number of hydrogen-bond donors (Lipinski definition) is 0. The highest BCUT2D eigenvalue weighted by atomic mass is 16.3. The third kappa shape index (κ3) is 3.44. The van der Waals surface area contributed by atoms with Crippen LogP contribution in [0.2, 0.25) is 0 Å². The van der Waals surface area contributed by atoms with Crippen LogP contribution in [0, 0.1) is 0 Å². The van der Waals surface area contributed by atoms with E-state index >= 15 is 0 Å². The van der Waals surface area contributed by atoms with E-state index in [9.17, 15) is 4.79 Å². The van der Waals surface area contributed by atoms with E-state index in [0.717, 1.165) is 22.2 Å². The number of rotatable bonds is 6. The lowest BCUT2D eigenvalue weighted by atomic mass is 9.91. The SMILES string of the molecule is CN(CC(=O)Cc1cc2cc(-c3cnco3)cnc2cn1)C1CCC1. The summed E-state index contributed by atoms with van der Waals surface area (Å²) >= 11 is 0. The first-order chi connectivity index (χ1) is 12.2. The zero-order valence-corrected chi connectivity index (χ0v) is 14.2. The van der Waals surface area contributed by atoms with Gasteiger partial charge in [-0.2, -0.15) is 0 Å². The number of hydrogen-bond acceptors (Lipinski definition) is 6. The van der Waals surface area contributed by atoms with Gasteiger partial charge in [0.25, 0.3) is 0 Å². The van der Waals surface area contributed by atoms with Crippen LogP contribution in [0.3, 0.4) is 0 Å². The molecule has 3 aromatic rings. The number of Topliss-reactive ketones (excluding diaryl/α,β-unsaturated/α-hetero) is 1. The molecule has 6 nitrogen and oxygen atoms in total. The van der Waals surface area contributed by atoms with Crippen LogP contribution in [0.1, 0.15) is 25.0 Å². The third-order valence-corrected chi connectivity index (χ3v) is 4.84. The van der Waals surface area contributed by atoms with Crippen molar-refractivity contribution >= 4 is 16.7 Å². The zero-order valence-electron chi connectivity index (χ0n) is 14.2. The number of carbonyl (C=O) groups is 1. The second-order valence-electron chi connectivity index (χ2n) is 6.67. The van der Waals surface area contributed by atoms with Gasteiger partial charge in [0.2, 0.25) is 0 Å². The fourth-order valence-electron chi connectivity index (χ4n) is 3.16. The Kier molecular flexibility index (Phi) is 4.28. The van der Waals surface area contributed by atoms with Gasteiger partial charge in [0, 0.05) is 28.9 Å². The van der Waals surface area contributed by atoms with Crippen molar-refractivity contribution in [3.8, 4) is 11.3 Å². The first-order valence-corrected chi connectivity index (χ1v) is 8.54. The molecule has 1 fully saturated rings. The number of pyridine rings is 2. The molecule has 0 aromatic carbocycles. The maximum Gasteiger partial charge on any atom is 0.181 e. The lowest BCUT2D eigenvalue weighted by Crippen LogP contribution is -2.40. The van der Waals surface area contributed by atoms with Crippen LogP contribution in [0.4, 0.5) is 0 Å². The summed E-state index contributed by atoms with van der Waals surface area (Å²) in [5.41, 5.74) is 2.43. The predicted molar refractivity (Wildman–Crippen MR) is 94.0 cm³/mol. The molecule has 0 spiro atoms. The predicted octanol–water partition coefficient (Wildman–Crippen LogP) is 2.88. The molecule has 3 aromatic heterocycles. The van der Waals surface area contributed by atoms with E-state index in [1.807, 2.05) is 19.2 Å². The summed E-state index contributed by atoms with van der Waals surface area (Å²) in [7, 11) is 2.03. The molecule has 0 saturated heterocycles. The quantitative estimate of drug-likeness (QED) is 0.689. The Hall–Kier alpha value is -2.60. The zero-order chi connectivity index (χ0) is 17.2. The minimum atomic E-state index is 0.195. The first-order valence-electron chi connectivity index (χ1n) is 8.54. The highest BCUT2D eigenvalue weighted by Crippen LogP contribution is 2.24. The van der Waals surface area contributed by atoms with Gasteiger partial charge in [0.15, 0.2) is 17.9 Å². The van der Waals surface area contributed by atoms with Crippen LogP contribution < -0.4 is 0 Å². The number of oxazole rings is 1. The number of likely N-dealkylation sites (N-methyl/N-ethyl adjacent to an activating group) is 1. The lowest BCUT2D eigenvalue weighted by Gasteiger charge is -2.34. The van der Waals surface area contributed by atoms with E-state index in [4.69, 9.17) is 4.42 Å². The Morgan fingerprint density at radius 2 is 2.12 bits per heavy atom. The van der Waals surface area contributed by atoms with Crippen molar-refractivity contribution in [2.24, 2.45) is 0 Å². The summed E-state index contributed by atoms with van der Waals surface area (Å²) in [5, 5.41) is 0.944. The second-order valence-corrected chi connectivity index (χ2v) is 6.67. The van der Waals surface area contributed by atoms with Crippen molar-refractivity contribution in [2.45, 2.75) is 31.7 Å². The van der Waals surface area contributed by atoms with Crippen molar-refractivity contribution in [3.05, 3.63) is 42.8 Å². The maximum absolute atomic E-state index is 12.3. The molecule has 3 heterocycles. The first kappa shape index (κ1) is 15.9. The van der Waals surface area contributed by atoms with E-state index < -0.39 is 0 Å². The van der Waals surface area contributed by atoms with Gasteiger partial charge in [-0.15, -0.1) is 0 Å². The van der Waals surface area contributed by atoms with Crippen molar-refractivity contribution in [1.82, 2.24) is 19.9 Å². The molecule has 0 N–H and O–H groups in total. The maximum atomic E-state index is 12.3. The lowest BCUT2D eigenvalue weighted by molar-refractivity contribution is -0.120. The smallest absolute Gasteiger partial charge is 0.181 e. The Morgan fingerprint density at radius 3 is 2.84 bits per heavy atom. The summed E-state index contributed by atoms with van der Waals surface area (Å²) in [6.07, 6.45) is 10.5. The van der Waals surface area contributed by atoms with Gasteiger partial charge in [-0.1, -0.05) is 6.42 Å². The normalized spacial score (nSPS) is 14.8. The molecule has 0 unspecified atom stereocenters. The average Bonchev–Trinajstić information content (AvgIpc) is 3.06. The Labute approximate surface area is 145 Å². The molecular weight excluding hydrogens is 316 g/mol. The molecule has 0 bridgehead atoms. The van der Waals surface area contributed by atoms with Gasteiger partial charge in [-0.25, -0.2) is 4.98 Å². The van der Waals surface area contributed by atoms with E-state index in [-0.39, 0.29) is 5.78 Å². The van der Waals surface area contributed by atoms with E-state index in [2.05, 4.69) is 19.9 Å². The fraction of sp³-hybridized carbons (Fsp3) is 0.368. The Morgan fingerprint density at radius 1 is 1.24 bits per heavy atom. The van der Waals surface area contributed by atoms with Gasteiger partial charge < -0.3 is 4.42 Å². The standard InChI is InChI=1S/C19H20N4O2/c1-23(16-3-2-4-16)11-17(24)7-15-6-13-5-14(19-10-20-12-25-19)8-22-18(13)9-21-15/h5-6,8-10,12,16H,2-4,7,11H2,1H3. The summed E-state index contributed by atoms with van der Waals surface area (Å²) in [5.74, 6) is 0.867. The number of fused-ring (bicyclic) bond motifs is 1. The molecule has 0 radical (unpaired) electrons. The van der Waals surface area contributed by atoms with Crippen molar-refractivity contribution in [2.75, 3.05) is 13.6 Å². The third-order valence-electron chi connectivity index (χ3n) is 4.84. The fourth-order valence-corrected chi connectivity index (χ4v) is 3.16. The summed E-state index contributed by atoms with van der Waals surface area (Å²) in [6, 6.07) is 4.49. The minimum Gasteiger partial charge on any atom is -0.443 e. The average molecular weight is 336 g/mol. The number of ketones is 1. The molecular formula is C19H20N4O2. The molecule has 128 valence electrons. The monoisotopic (exact) mass is 336 g/mol. The largest absolute Gasteiger partial charge is 0.443 e. The van der Waals surface area contributed by atoms with Crippen molar-refractivity contribution in [1.29, 1.82) is 0 Å². The highest BCUT2D eigenvalue weighted by molar-refractivity contribution is 5.85. The molecule has 4 rings (SSSR count). The van der Waals surface area contributed by atoms with E-state index in [0.29, 0.717) is 24.8 Å². The Balaban J connectivity index is 1.50. The second kappa shape index (κ2) is 6.72. The molecule has 1 aliphatic carbocycles. The van der Waals surface area contributed by atoms with Crippen LogP contribution in [-0.2, 0) is 11.2 Å². The van der Waals surface area contributed by atoms with Gasteiger partial charge in [0.1, 0.15) is 0 Å². The van der Waals surface area contributed by atoms with Crippen LogP contribution in [0.15, 0.2) is 41.5 Å². The van der Waals surface area contributed by atoms with Crippen LogP contribution in [0.5, 0.6) is 0 Å². The highest BCUT2D eigenvalue weighted by Gasteiger charge is 2.23. The summed E-state index contributed by atoms with van der Waals surface area (Å²) < 4.78 is 5.32. The van der Waals surface area contributed by atoms with Gasteiger partial charge >= 0.3 is 0 Å². The minimum absolute atomic E-state index is 0.195. The van der Waals surface area contributed by atoms with Gasteiger partial charge in [-0.3, -0.25) is 19.7 Å². The van der Waals surface area contributed by atoms with Crippen LogP contribution >= 0.6 is 0 Å². The van der Waals surface area contributed by atoms with Gasteiger partial charge in [0.05, 0.1) is 30.9 Å². The Bertz CT molecular complexity index is 888. The van der Waals surface area contributed by atoms with Crippen molar-refractivity contribution in [3.63, 3.8) is 0 Å². The van der Waals surface area contributed by atoms with Crippen LogP contribution in [-0.4, -0.2) is 45.3 Å². The topological polar surface area (TPSA) is 72.1 Å². The molecule has 1 aliphatic rings. The van der Waals surface area contributed by atoms with E-state index in [1.165, 1.54) is 25.7 Å². The summed E-state index contributed by atoms with van der Waals surface area (Å²) in [6.45, 7) is 0.487. The number of carbonyl (C=O) groups excluding carboxylic acids is 1.